The Morgan fingerprint density at radius 3 is 1.24 bits per heavy atom. The van der Waals surface area contributed by atoms with E-state index >= 15 is 0 Å². The van der Waals surface area contributed by atoms with Crippen LogP contribution in [0, 0.1) is 5.82 Å². The fourth-order valence-corrected chi connectivity index (χ4v) is 2.28. The van der Waals surface area contributed by atoms with Crippen molar-refractivity contribution in [2.24, 2.45) is 0 Å². The molecule has 0 nitrogen and oxygen atoms in total. The quantitative estimate of drug-likeness (QED) is 0.583. The van der Waals surface area contributed by atoms with E-state index in [-0.39, 0.29) is 5.82 Å². The first-order valence-corrected chi connectivity index (χ1v) is 6.77. The zero-order valence-corrected chi connectivity index (χ0v) is 11.4. The van der Waals surface area contributed by atoms with Crippen molar-refractivity contribution < 1.29 is 8.78 Å². The summed E-state index contributed by atoms with van der Waals surface area (Å²) >= 11 is 0. The summed E-state index contributed by atoms with van der Waals surface area (Å²) in [6.07, 6.45) is 0. The van der Waals surface area contributed by atoms with Gasteiger partial charge in [0.15, 0.2) is 0 Å². The van der Waals surface area contributed by atoms with E-state index in [0.717, 1.165) is 22.3 Å². The summed E-state index contributed by atoms with van der Waals surface area (Å²) in [6, 6.07) is 21.9. The van der Waals surface area contributed by atoms with Crippen molar-refractivity contribution in [1.82, 2.24) is 0 Å². The molecule has 0 aromatic heterocycles. The molecule has 0 unspecified atom stereocenters. The summed E-state index contributed by atoms with van der Waals surface area (Å²) in [5, 5.41) is 0. The molecule has 104 valence electrons. The first kappa shape index (κ1) is 13.5. The topological polar surface area (TPSA) is 0 Å². The van der Waals surface area contributed by atoms with Gasteiger partial charge in [-0.05, 0) is 39.9 Å². The molecular weight excluding hydrogens is 266 g/mol. The first-order valence-electron chi connectivity index (χ1n) is 6.77. The van der Waals surface area contributed by atoms with Crippen LogP contribution in [0.4, 0.5) is 8.78 Å². The molecule has 3 aromatic carbocycles. The molecule has 0 atom stereocenters. The van der Waals surface area contributed by atoms with Crippen molar-refractivity contribution >= 4 is 0 Å². The van der Waals surface area contributed by atoms with Crippen LogP contribution in [0.2, 0.25) is 0 Å². The van der Waals surface area contributed by atoms with Gasteiger partial charge in [0.2, 0.25) is 0 Å². The molecule has 3 rings (SSSR count). The van der Waals surface area contributed by atoms with Gasteiger partial charge in [-0.2, -0.15) is 0 Å². The highest BCUT2D eigenvalue weighted by molar-refractivity contribution is 5.70. The molecule has 0 aliphatic rings. The molecule has 0 fully saturated rings. The van der Waals surface area contributed by atoms with Crippen LogP contribution >= 0.6 is 0 Å². The van der Waals surface area contributed by atoms with E-state index in [9.17, 15) is 8.78 Å². The van der Waals surface area contributed by atoms with Gasteiger partial charge in [-0.25, -0.2) is 8.78 Å². The number of hydrogen-bond donors (Lipinski definition) is 0. The second-order valence-corrected chi connectivity index (χ2v) is 4.91. The average molecular weight is 280 g/mol. The fraction of sp³-hybridized carbons (Fsp3) is 0.0526. The van der Waals surface area contributed by atoms with Crippen molar-refractivity contribution in [3.63, 3.8) is 0 Å². The zero-order valence-electron chi connectivity index (χ0n) is 11.4. The smallest absolute Gasteiger partial charge is 0.123 e. The third-order valence-electron chi connectivity index (χ3n) is 3.50. The van der Waals surface area contributed by atoms with Gasteiger partial charge in [-0.3, -0.25) is 0 Å². The molecule has 2 heteroatoms. The molecule has 0 spiro atoms. The van der Waals surface area contributed by atoms with Crippen molar-refractivity contribution in [2.75, 3.05) is 0 Å². The molecule has 0 aliphatic heterocycles. The van der Waals surface area contributed by atoms with E-state index < -0.39 is 6.67 Å². The van der Waals surface area contributed by atoms with Crippen LogP contribution in [0.5, 0.6) is 0 Å². The maximum atomic E-state index is 12.9. The van der Waals surface area contributed by atoms with Gasteiger partial charge in [0.1, 0.15) is 12.5 Å². The lowest BCUT2D eigenvalue weighted by molar-refractivity contribution is 0.485. The molecule has 0 bridgehead atoms. The van der Waals surface area contributed by atoms with Gasteiger partial charge in [-0.1, -0.05) is 60.7 Å². The van der Waals surface area contributed by atoms with E-state index in [1.807, 2.05) is 36.4 Å². The SMILES string of the molecule is FCc1ccc(-c2ccc(-c3ccc(F)cc3)cc2)cc1. The van der Waals surface area contributed by atoms with E-state index in [0.29, 0.717) is 5.56 Å². The predicted molar refractivity (Wildman–Crippen MR) is 82.1 cm³/mol. The maximum Gasteiger partial charge on any atom is 0.123 e. The Bertz CT molecular complexity index is 711. The van der Waals surface area contributed by atoms with E-state index in [1.165, 1.54) is 12.1 Å². The van der Waals surface area contributed by atoms with Crippen LogP contribution in [0.15, 0.2) is 72.8 Å². The van der Waals surface area contributed by atoms with Crippen LogP contribution < -0.4 is 0 Å². The van der Waals surface area contributed by atoms with Crippen LogP contribution in [0.1, 0.15) is 5.56 Å². The molecule has 0 saturated heterocycles. The first-order chi connectivity index (χ1) is 10.3. The summed E-state index contributed by atoms with van der Waals surface area (Å²) in [5.74, 6) is -0.233. The molecule has 3 aromatic rings. The third-order valence-corrected chi connectivity index (χ3v) is 3.50. The Hall–Kier alpha value is -2.48. The van der Waals surface area contributed by atoms with Crippen molar-refractivity contribution in [1.29, 1.82) is 0 Å². The Kier molecular flexibility index (Phi) is 3.78. The molecule has 0 saturated carbocycles. The van der Waals surface area contributed by atoms with E-state index in [1.54, 1.807) is 24.3 Å². The standard InChI is InChI=1S/C19H14F2/c20-13-14-1-3-15(4-2-14)16-5-7-17(8-6-16)18-9-11-19(21)12-10-18/h1-12H,13H2. The summed E-state index contributed by atoms with van der Waals surface area (Å²) in [6.45, 7) is -0.441. The molecular formula is C19H14F2. The summed E-state index contributed by atoms with van der Waals surface area (Å²) in [7, 11) is 0. The summed E-state index contributed by atoms with van der Waals surface area (Å²) in [5.41, 5.74) is 4.83. The zero-order chi connectivity index (χ0) is 14.7. The minimum Gasteiger partial charge on any atom is -0.246 e. The monoisotopic (exact) mass is 280 g/mol. The molecule has 0 aliphatic carbocycles. The average Bonchev–Trinajstić information content (AvgIpc) is 2.56. The second-order valence-electron chi connectivity index (χ2n) is 4.91. The lowest BCUT2D eigenvalue weighted by atomic mass is 10.00. The molecule has 0 N–H and O–H groups in total. The summed E-state index contributed by atoms with van der Waals surface area (Å²) < 4.78 is 25.4. The van der Waals surface area contributed by atoms with Gasteiger partial charge in [0, 0.05) is 0 Å². The number of benzene rings is 3. The van der Waals surface area contributed by atoms with Gasteiger partial charge in [0.25, 0.3) is 0 Å². The number of hydrogen-bond acceptors (Lipinski definition) is 0. The van der Waals surface area contributed by atoms with Crippen molar-refractivity contribution in [2.45, 2.75) is 6.67 Å². The van der Waals surface area contributed by atoms with Crippen molar-refractivity contribution in [3.05, 3.63) is 84.2 Å². The Balaban J connectivity index is 1.87. The lowest BCUT2D eigenvalue weighted by Gasteiger charge is -2.06. The second kappa shape index (κ2) is 5.88. The van der Waals surface area contributed by atoms with Crippen LogP contribution in [0.25, 0.3) is 22.3 Å². The normalized spacial score (nSPS) is 10.6. The Morgan fingerprint density at radius 2 is 0.857 bits per heavy atom. The van der Waals surface area contributed by atoms with Crippen molar-refractivity contribution in [3.8, 4) is 22.3 Å². The molecule has 0 amide bonds. The number of rotatable bonds is 3. The van der Waals surface area contributed by atoms with Gasteiger partial charge >= 0.3 is 0 Å². The minimum absolute atomic E-state index is 0.233. The van der Waals surface area contributed by atoms with E-state index in [2.05, 4.69) is 0 Å². The number of halogens is 2. The molecule has 21 heavy (non-hydrogen) atoms. The highest BCUT2D eigenvalue weighted by atomic mass is 19.1. The fourth-order valence-electron chi connectivity index (χ4n) is 2.28. The van der Waals surface area contributed by atoms with Gasteiger partial charge in [0.05, 0.1) is 0 Å². The molecule has 0 heterocycles. The maximum absolute atomic E-state index is 12.9. The van der Waals surface area contributed by atoms with Crippen LogP contribution in [-0.4, -0.2) is 0 Å². The minimum atomic E-state index is -0.441. The van der Waals surface area contributed by atoms with Gasteiger partial charge in [-0.15, -0.1) is 0 Å². The van der Waals surface area contributed by atoms with E-state index in [4.69, 9.17) is 0 Å². The van der Waals surface area contributed by atoms with Gasteiger partial charge < -0.3 is 0 Å². The van der Waals surface area contributed by atoms with Crippen LogP contribution in [0.3, 0.4) is 0 Å². The largest absolute Gasteiger partial charge is 0.246 e. The highest BCUT2D eigenvalue weighted by Gasteiger charge is 2.01. The van der Waals surface area contributed by atoms with Crippen LogP contribution in [-0.2, 0) is 6.67 Å². The summed E-state index contributed by atoms with van der Waals surface area (Å²) in [4.78, 5) is 0. The number of alkyl halides is 1. The lowest BCUT2D eigenvalue weighted by Crippen LogP contribution is -1.82. The Labute approximate surface area is 122 Å². The Morgan fingerprint density at radius 1 is 0.524 bits per heavy atom. The predicted octanol–water partition coefficient (Wildman–Crippen LogP) is 5.63. The third kappa shape index (κ3) is 3.00. The highest BCUT2D eigenvalue weighted by Crippen LogP contribution is 2.25. The molecule has 0 radical (unpaired) electrons.